The molecule has 0 unspecified atom stereocenters. The first-order valence-electron chi connectivity index (χ1n) is 11.0. The molecule has 4 fully saturated rings. The van der Waals surface area contributed by atoms with Gasteiger partial charge >= 0.3 is 5.97 Å². The molecule has 6 rings (SSSR count). The molecule has 2 aromatic rings. The van der Waals surface area contributed by atoms with E-state index in [4.69, 9.17) is 4.74 Å². The fourth-order valence-corrected chi connectivity index (χ4v) is 7.30. The first-order chi connectivity index (χ1) is 14.5. The molecular formula is C24H28N2O3S. The van der Waals surface area contributed by atoms with Gasteiger partial charge in [0.15, 0.2) is 6.61 Å². The molecule has 0 aliphatic heterocycles. The SMILES string of the molecule is C[C@@H](NC(=O)COC(=O)/C=C/c1nc2ccccc2s1)C12CC3CC(CC(C3)C1)C2. The molecule has 1 aromatic heterocycles. The molecule has 4 aliphatic rings. The summed E-state index contributed by atoms with van der Waals surface area (Å²) in [5.41, 5.74) is 1.16. The van der Waals surface area contributed by atoms with Gasteiger partial charge in [0.05, 0.1) is 10.2 Å². The molecule has 158 valence electrons. The number of hydrogen-bond acceptors (Lipinski definition) is 5. The van der Waals surface area contributed by atoms with E-state index in [0.717, 1.165) is 33.0 Å². The number of nitrogens with one attached hydrogen (secondary N) is 1. The molecule has 0 spiro atoms. The normalized spacial score (nSPS) is 30.6. The second kappa shape index (κ2) is 7.80. The lowest BCUT2D eigenvalue weighted by molar-refractivity contribution is -0.145. The predicted octanol–water partition coefficient (Wildman–Crippen LogP) is 4.57. The van der Waals surface area contributed by atoms with Gasteiger partial charge < -0.3 is 10.1 Å². The molecule has 5 nitrogen and oxygen atoms in total. The largest absolute Gasteiger partial charge is 0.452 e. The number of thiazole rings is 1. The minimum Gasteiger partial charge on any atom is -0.452 e. The number of esters is 1. The van der Waals surface area contributed by atoms with Crippen LogP contribution in [0.1, 0.15) is 50.5 Å². The Morgan fingerprint density at radius 3 is 2.53 bits per heavy atom. The van der Waals surface area contributed by atoms with Gasteiger partial charge in [-0.1, -0.05) is 12.1 Å². The molecule has 0 saturated heterocycles. The highest BCUT2D eigenvalue weighted by atomic mass is 32.1. The molecule has 0 radical (unpaired) electrons. The lowest BCUT2D eigenvalue weighted by Crippen LogP contribution is -2.56. The smallest absolute Gasteiger partial charge is 0.331 e. The van der Waals surface area contributed by atoms with E-state index in [9.17, 15) is 9.59 Å². The van der Waals surface area contributed by atoms with Gasteiger partial charge in [-0.2, -0.15) is 0 Å². The van der Waals surface area contributed by atoms with Gasteiger partial charge in [0, 0.05) is 12.1 Å². The number of fused-ring (bicyclic) bond motifs is 1. The Labute approximate surface area is 180 Å². The summed E-state index contributed by atoms with van der Waals surface area (Å²) in [5.74, 6) is 1.81. The summed E-state index contributed by atoms with van der Waals surface area (Å²) < 4.78 is 6.23. The van der Waals surface area contributed by atoms with Gasteiger partial charge in [-0.25, -0.2) is 9.78 Å². The quantitative estimate of drug-likeness (QED) is 0.545. The second-order valence-electron chi connectivity index (χ2n) is 9.53. The van der Waals surface area contributed by atoms with Crippen LogP contribution < -0.4 is 5.32 Å². The lowest BCUT2D eigenvalue weighted by atomic mass is 9.48. The van der Waals surface area contributed by atoms with Crippen LogP contribution in [0.15, 0.2) is 30.3 Å². The van der Waals surface area contributed by atoms with E-state index in [0.29, 0.717) is 0 Å². The van der Waals surface area contributed by atoms with Crippen LogP contribution in [0, 0.1) is 23.2 Å². The minimum absolute atomic E-state index is 0.135. The standard InChI is InChI=1S/C24H28N2O3S/c1-15(24-11-16-8-17(12-24)10-18(9-16)13-24)25-21(27)14-29-23(28)7-6-22-26-19-4-2-3-5-20(19)30-22/h2-7,15-18H,8-14H2,1H3,(H,25,27)/b7-6+/t15-,16?,17?,18?,24?/m1/s1. The number of benzene rings is 1. The van der Waals surface area contributed by atoms with Gasteiger partial charge in [-0.05, 0) is 86.8 Å². The number of amides is 1. The first kappa shape index (κ1) is 19.7. The van der Waals surface area contributed by atoms with E-state index in [-0.39, 0.29) is 24.0 Å². The van der Waals surface area contributed by atoms with E-state index in [2.05, 4.69) is 17.2 Å². The van der Waals surface area contributed by atoms with E-state index >= 15 is 0 Å². The van der Waals surface area contributed by atoms with Crippen molar-refractivity contribution in [3.05, 3.63) is 35.3 Å². The number of hydrogen-bond donors (Lipinski definition) is 1. The summed E-state index contributed by atoms with van der Waals surface area (Å²) in [5, 5.41) is 3.88. The molecule has 1 atom stereocenters. The van der Waals surface area contributed by atoms with Crippen LogP contribution in [0.2, 0.25) is 0 Å². The number of nitrogens with zero attached hydrogens (tertiary/aromatic N) is 1. The number of carbonyl (C=O) groups is 2. The Bertz CT molecular complexity index is 927. The van der Waals surface area contributed by atoms with Crippen molar-refractivity contribution in [3.63, 3.8) is 0 Å². The van der Waals surface area contributed by atoms with Crippen LogP contribution >= 0.6 is 11.3 Å². The number of carbonyl (C=O) groups excluding carboxylic acids is 2. The Kier molecular flexibility index (Phi) is 5.13. The fraction of sp³-hybridized carbons (Fsp3) is 0.542. The van der Waals surface area contributed by atoms with E-state index in [1.54, 1.807) is 6.08 Å². The summed E-state index contributed by atoms with van der Waals surface area (Å²) in [6.07, 6.45) is 10.9. The van der Waals surface area contributed by atoms with Crippen molar-refractivity contribution in [1.29, 1.82) is 0 Å². The summed E-state index contributed by atoms with van der Waals surface area (Å²) in [6, 6.07) is 7.97. The van der Waals surface area contributed by atoms with Crippen molar-refractivity contribution in [1.82, 2.24) is 10.3 Å². The van der Waals surface area contributed by atoms with E-state index < -0.39 is 5.97 Å². The second-order valence-corrected chi connectivity index (χ2v) is 10.6. The average molecular weight is 425 g/mol. The third kappa shape index (κ3) is 3.89. The van der Waals surface area contributed by atoms with Crippen LogP contribution in [-0.2, 0) is 14.3 Å². The molecule has 1 aromatic carbocycles. The third-order valence-corrected chi connectivity index (χ3v) is 8.40. The molecule has 6 heteroatoms. The van der Waals surface area contributed by atoms with Gasteiger partial charge in [0.25, 0.3) is 5.91 Å². The number of ether oxygens (including phenoxy) is 1. The molecule has 30 heavy (non-hydrogen) atoms. The van der Waals surface area contributed by atoms with Crippen LogP contribution in [-0.4, -0.2) is 29.5 Å². The van der Waals surface area contributed by atoms with Crippen LogP contribution in [0.4, 0.5) is 0 Å². The highest BCUT2D eigenvalue weighted by Crippen LogP contribution is 2.61. The Morgan fingerprint density at radius 2 is 1.87 bits per heavy atom. The van der Waals surface area contributed by atoms with E-state index in [1.807, 2.05) is 24.3 Å². The van der Waals surface area contributed by atoms with Crippen LogP contribution in [0.3, 0.4) is 0 Å². The van der Waals surface area contributed by atoms with Crippen molar-refractivity contribution >= 4 is 39.5 Å². The van der Waals surface area contributed by atoms with Crippen molar-refractivity contribution < 1.29 is 14.3 Å². The first-order valence-corrected chi connectivity index (χ1v) is 11.8. The molecule has 1 N–H and O–H groups in total. The average Bonchev–Trinajstić information content (AvgIpc) is 3.13. The maximum Gasteiger partial charge on any atom is 0.331 e. The fourth-order valence-electron chi connectivity index (χ4n) is 6.43. The minimum atomic E-state index is -0.521. The summed E-state index contributed by atoms with van der Waals surface area (Å²) in [7, 11) is 0. The summed E-state index contributed by atoms with van der Waals surface area (Å²) in [6.45, 7) is 1.90. The zero-order chi connectivity index (χ0) is 20.7. The monoisotopic (exact) mass is 424 g/mol. The lowest BCUT2D eigenvalue weighted by Gasteiger charge is -2.59. The molecule has 4 saturated carbocycles. The molecule has 4 bridgehead atoms. The van der Waals surface area contributed by atoms with Gasteiger partial charge in [0.2, 0.25) is 0 Å². The predicted molar refractivity (Wildman–Crippen MR) is 118 cm³/mol. The molecule has 1 amide bonds. The number of aromatic nitrogens is 1. The van der Waals surface area contributed by atoms with Crippen LogP contribution in [0.25, 0.3) is 16.3 Å². The van der Waals surface area contributed by atoms with Crippen molar-refractivity contribution in [2.24, 2.45) is 23.2 Å². The topological polar surface area (TPSA) is 68.3 Å². The zero-order valence-electron chi connectivity index (χ0n) is 17.3. The van der Waals surface area contributed by atoms with Crippen molar-refractivity contribution in [3.8, 4) is 0 Å². The summed E-state index contributed by atoms with van der Waals surface area (Å²) >= 11 is 1.51. The summed E-state index contributed by atoms with van der Waals surface area (Å²) in [4.78, 5) is 28.9. The van der Waals surface area contributed by atoms with Crippen molar-refractivity contribution in [2.75, 3.05) is 6.61 Å². The highest BCUT2D eigenvalue weighted by Gasteiger charge is 2.53. The van der Waals surface area contributed by atoms with Crippen molar-refractivity contribution in [2.45, 2.75) is 51.5 Å². The highest BCUT2D eigenvalue weighted by molar-refractivity contribution is 7.19. The Hall–Kier alpha value is -2.21. The Morgan fingerprint density at radius 1 is 1.20 bits per heavy atom. The molecule has 1 heterocycles. The van der Waals surface area contributed by atoms with Gasteiger partial charge in [-0.3, -0.25) is 4.79 Å². The van der Waals surface area contributed by atoms with Gasteiger partial charge in [0.1, 0.15) is 5.01 Å². The zero-order valence-corrected chi connectivity index (χ0v) is 18.1. The molecule has 4 aliphatic carbocycles. The van der Waals surface area contributed by atoms with Gasteiger partial charge in [-0.15, -0.1) is 11.3 Å². The van der Waals surface area contributed by atoms with E-state index in [1.165, 1.54) is 55.9 Å². The number of para-hydroxylation sites is 1. The number of rotatable bonds is 6. The maximum atomic E-state index is 12.4. The Balaban J connectivity index is 1.12. The molecular weight excluding hydrogens is 396 g/mol. The third-order valence-electron chi connectivity index (χ3n) is 7.40. The maximum absolute atomic E-state index is 12.4. The van der Waals surface area contributed by atoms with Crippen LogP contribution in [0.5, 0.6) is 0 Å².